The van der Waals surface area contributed by atoms with E-state index >= 15 is 0 Å². The average Bonchev–Trinajstić information content (AvgIpc) is 3.33. The molecule has 0 spiro atoms. The summed E-state index contributed by atoms with van der Waals surface area (Å²) in [5.41, 5.74) is 6.68. The number of aromatic nitrogens is 2. The van der Waals surface area contributed by atoms with E-state index in [4.69, 9.17) is 20.5 Å². The lowest BCUT2D eigenvalue weighted by Gasteiger charge is -2.16. The Labute approximate surface area is 190 Å². The van der Waals surface area contributed by atoms with Gasteiger partial charge in [-0.2, -0.15) is 5.26 Å². The molecular weight excluding hydrogens is 431 g/mol. The summed E-state index contributed by atoms with van der Waals surface area (Å²) in [7, 11) is 0. The number of nitriles is 1. The topological polar surface area (TPSA) is 114 Å². The zero-order valence-electron chi connectivity index (χ0n) is 17.8. The molecule has 0 bridgehead atoms. The second-order valence-electron chi connectivity index (χ2n) is 7.46. The summed E-state index contributed by atoms with van der Waals surface area (Å²) in [5.74, 6) is 1.05. The number of nitrogens with zero attached hydrogens (tertiary/aromatic N) is 3. The van der Waals surface area contributed by atoms with Gasteiger partial charge in [0, 0.05) is 11.1 Å². The van der Waals surface area contributed by atoms with Crippen LogP contribution in [0.5, 0.6) is 11.5 Å². The standard InChI is InChI=1S/C23H25FN4O3S/c1-23(26,15-29)22-28-27-21(32-22)16-8-9-20(18(12-16)13-24)31-11-5-4-10-30-19-7-3-2-6-17(19)14-25/h2-3,6-9,12,29H,4-5,10-11,13,15,26H2,1H3/t23-/m0/s1. The summed E-state index contributed by atoms with van der Waals surface area (Å²) >= 11 is 1.27. The van der Waals surface area contributed by atoms with Crippen LogP contribution in [0, 0.1) is 11.3 Å². The Morgan fingerprint density at radius 3 is 2.53 bits per heavy atom. The predicted molar refractivity (Wildman–Crippen MR) is 120 cm³/mol. The van der Waals surface area contributed by atoms with Crippen molar-refractivity contribution in [1.29, 1.82) is 5.26 Å². The molecule has 168 valence electrons. The van der Waals surface area contributed by atoms with Crippen molar-refractivity contribution in [3.63, 3.8) is 0 Å². The second-order valence-corrected chi connectivity index (χ2v) is 8.43. The van der Waals surface area contributed by atoms with Crippen LogP contribution in [-0.2, 0) is 12.2 Å². The number of alkyl halides is 1. The van der Waals surface area contributed by atoms with Crippen LogP contribution in [0.2, 0.25) is 0 Å². The molecule has 0 aliphatic carbocycles. The minimum atomic E-state index is -0.970. The maximum atomic E-state index is 13.6. The van der Waals surface area contributed by atoms with Crippen LogP contribution < -0.4 is 15.2 Å². The molecule has 0 amide bonds. The zero-order valence-corrected chi connectivity index (χ0v) is 18.6. The largest absolute Gasteiger partial charge is 0.493 e. The van der Waals surface area contributed by atoms with Crippen molar-refractivity contribution in [2.24, 2.45) is 5.73 Å². The van der Waals surface area contributed by atoms with Crippen molar-refractivity contribution in [2.45, 2.75) is 32.0 Å². The monoisotopic (exact) mass is 456 g/mol. The zero-order chi connectivity index (χ0) is 23.0. The number of aliphatic hydroxyl groups is 1. The lowest BCUT2D eigenvalue weighted by Crippen LogP contribution is -2.36. The highest BCUT2D eigenvalue weighted by Crippen LogP contribution is 2.32. The van der Waals surface area contributed by atoms with E-state index in [9.17, 15) is 9.50 Å². The van der Waals surface area contributed by atoms with Gasteiger partial charge >= 0.3 is 0 Å². The molecule has 0 saturated carbocycles. The van der Waals surface area contributed by atoms with Gasteiger partial charge in [0.25, 0.3) is 0 Å². The third-order valence-corrected chi connectivity index (χ3v) is 6.01. The fourth-order valence-corrected chi connectivity index (χ4v) is 3.74. The van der Waals surface area contributed by atoms with Crippen molar-refractivity contribution in [1.82, 2.24) is 10.2 Å². The van der Waals surface area contributed by atoms with Gasteiger partial charge in [-0.1, -0.05) is 23.5 Å². The highest BCUT2D eigenvalue weighted by molar-refractivity contribution is 7.14. The third kappa shape index (κ3) is 5.79. The number of nitrogens with two attached hydrogens (primary N) is 1. The summed E-state index contributed by atoms with van der Waals surface area (Å²) in [6.45, 7) is 1.63. The van der Waals surface area contributed by atoms with Crippen LogP contribution in [0.3, 0.4) is 0 Å². The van der Waals surface area contributed by atoms with E-state index in [2.05, 4.69) is 16.3 Å². The number of rotatable bonds is 11. The Morgan fingerprint density at radius 1 is 1.12 bits per heavy atom. The highest BCUT2D eigenvalue weighted by atomic mass is 32.1. The molecule has 3 N–H and O–H groups in total. The summed E-state index contributed by atoms with van der Waals surface area (Å²) in [5, 5.41) is 27.7. The molecule has 1 heterocycles. The molecule has 0 radical (unpaired) electrons. The Kier molecular flexibility index (Phi) is 8.11. The fraction of sp³-hybridized carbons (Fsp3) is 0.348. The maximum Gasteiger partial charge on any atom is 0.147 e. The minimum Gasteiger partial charge on any atom is -0.493 e. The Bertz CT molecular complexity index is 1080. The van der Waals surface area contributed by atoms with E-state index in [0.717, 1.165) is 12.8 Å². The average molecular weight is 457 g/mol. The summed E-state index contributed by atoms with van der Waals surface area (Å²) < 4.78 is 25.0. The van der Waals surface area contributed by atoms with Crippen LogP contribution in [0.15, 0.2) is 42.5 Å². The number of unbranched alkanes of at least 4 members (excludes halogenated alkanes) is 1. The van der Waals surface area contributed by atoms with E-state index in [1.54, 1.807) is 43.3 Å². The first-order chi connectivity index (χ1) is 15.5. The van der Waals surface area contributed by atoms with Crippen LogP contribution >= 0.6 is 11.3 Å². The van der Waals surface area contributed by atoms with Crippen LogP contribution in [0.25, 0.3) is 10.6 Å². The van der Waals surface area contributed by atoms with E-state index in [1.807, 2.05) is 6.07 Å². The molecule has 7 nitrogen and oxygen atoms in total. The van der Waals surface area contributed by atoms with E-state index in [-0.39, 0.29) is 6.61 Å². The van der Waals surface area contributed by atoms with Crippen molar-refractivity contribution >= 4 is 11.3 Å². The molecular formula is C23H25FN4O3S. The molecule has 3 rings (SSSR count). The van der Waals surface area contributed by atoms with Crippen molar-refractivity contribution in [2.75, 3.05) is 19.8 Å². The number of ether oxygens (including phenoxy) is 2. The molecule has 0 unspecified atom stereocenters. The van der Waals surface area contributed by atoms with Gasteiger partial charge in [-0.05, 0) is 50.1 Å². The number of hydrogen-bond acceptors (Lipinski definition) is 8. The molecule has 3 aromatic rings. The van der Waals surface area contributed by atoms with Crippen LogP contribution in [0.1, 0.15) is 35.9 Å². The first-order valence-electron chi connectivity index (χ1n) is 10.2. The first-order valence-corrected chi connectivity index (χ1v) is 11.0. The Balaban J connectivity index is 1.53. The lowest BCUT2D eigenvalue weighted by atomic mass is 10.1. The van der Waals surface area contributed by atoms with Crippen molar-refractivity contribution < 1.29 is 19.0 Å². The van der Waals surface area contributed by atoms with E-state index in [0.29, 0.717) is 51.4 Å². The molecule has 9 heteroatoms. The number of halogens is 1. The molecule has 0 aliphatic rings. The summed E-state index contributed by atoms with van der Waals surface area (Å²) in [4.78, 5) is 0. The normalized spacial score (nSPS) is 12.7. The SMILES string of the molecule is C[C@](N)(CO)c1nnc(-c2ccc(OCCCCOc3ccccc3C#N)c(CF)c2)s1. The van der Waals surface area contributed by atoms with Crippen LogP contribution in [-0.4, -0.2) is 35.1 Å². The highest BCUT2D eigenvalue weighted by Gasteiger charge is 2.25. The lowest BCUT2D eigenvalue weighted by molar-refractivity contribution is 0.209. The Morgan fingerprint density at radius 2 is 1.84 bits per heavy atom. The third-order valence-electron chi connectivity index (χ3n) is 4.75. The minimum absolute atomic E-state index is 0.250. The van der Waals surface area contributed by atoms with Gasteiger partial charge in [0.1, 0.15) is 34.3 Å². The number of hydrogen-bond donors (Lipinski definition) is 2. The van der Waals surface area contributed by atoms with Crippen molar-refractivity contribution in [3.05, 3.63) is 58.6 Å². The van der Waals surface area contributed by atoms with Gasteiger partial charge < -0.3 is 20.3 Å². The molecule has 2 aromatic carbocycles. The van der Waals surface area contributed by atoms with Gasteiger partial charge in [0.15, 0.2) is 0 Å². The summed E-state index contributed by atoms with van der Waals surface area (Å²) in [6.07, 6.45) is 1.46. The van der Waals surface area contributed by atoms with Gasteiger partial charge in [-0.15, -0.1) is 10.2 Å². The molecule has 0 aliphatic heterocycles. The maximum absolute atomic E-state index is 13.6. The molecule has 0 fully saturated rings. The molecule has 1 atom stereocenters. The predicted octanol–water partition coefficient (Wildman–Crippen LogP) is 3.95. The van der Waals surface area contributed by atoms with Gasteiger partial charge in [0.2, 0.25) is 0 Å². The van der Waals surface area contributed by atoms with E-state index in [1.165, 1.54) is 11.3 Å². The van der Waals surface area contributed by atoms with Crippen LogP contribution in [0.4, 0.5) is 4.39 Å². The molecule has 32 heavy (non-hydrogen) atoms. The number of para-hydroxylation sites is 1. The van der Waals surface area contributed by atoms with Crippen molar-refractivity contribution in [3.8, 4) is 28.1 Å². The molecule has 0 saturated heterocycles. The first kappa shape index (κ1) is 23.6. The molecule has 1 aromatic heterocycles. The fourth-order valence-electron chi connectivity index (χ4n) is 2.85. The number of benzene rings is 2. The Hall–Kier alpha value is -3.06. The van der Waals surface area contributed by atoms with E-state index < -0.39 is 12.2 Å². The van der Waals surface area contributed by atoms with Gasteiger partial charge in [-0.25, -0.2) is 4.39 Å². The number of aliphatic hydroxyl groups excluding tert-OH is 1. The van der Waals surface area contributed by atoms with Gasteiger partial charge in [-0.3, -0.25) is 0 Å². The quantitative estimate of drug-likeness (QED) is 0.420. The smallest absolute Gasteiger partial charge is 0.147 e. The second kappa shape index (κ2) is 11.0. The summed E-state index contributed by atoms with van der Waals surface area (Å²) in [6, 6.07) is 14.4. The van der Waals surface area contributed by atoms with Gasteiger partial charge in [0.05, 0.1) is 30.9 Å².